The monoisotopic (exact) mass is 108 g/mol. The summed E-state index contributed by atoms with van der Waals surface area (Å²) < 4.78 is 0. The number of hydrogen-bond donors (Lipinski definition) is 0. The average molecular weight is 109 g/mol. The van der Waals surface area contributed by atoms with Crippen LogP contribution in [0.1, 0.15) is 13.8 Å². The van der Waals surface area contributed by atoms with Crippen molar-refractivity contribution in [2.45, 2.75) is 19.2 Å². The van der Waals surface area contributed by atoms with Crippen LogP contribution in [0.25, 0.3) is 0 Å². The van der Waals surface area contributed by atoms with E-state index >= 15 is 0 Å². The fourth-order valence-corrected chi connectivity index (χ4v) is 0. The van der Waals surface area contributed by atoms with Crippen LogP contribution < -0.4 is 0 Å². The van der Waals surface area contributed by atoms with Crippen molar-refractivity contribution in [3.63, 3.8) is 0 Å². The predicted octanol–water partition coefficient (Wildman–Crippen LogP) is 0.450. The molecule has 0 unspecified atom stereocenters. The Morgan fingerprint density at radius 3 is 1.40 bits per heavy atom. The van der Waals surface area contributed by atoms with Gasteiger partial charge in [-0.05, 0) is 13.8 Å². The van der Waals surface area contributed by atoms with Gasteiger partial charge in [-0.1, -0.05) is 0 Å². The van der Waals surface area contributed by atoms with E-state index in [4.69, 9.17) is 11.6 Å². The number of rotatable bonds is 0. The third kappa shape index (κ3) is 56.8. The lowest BCUT2D eigenvalue weighted by Crippen LogP contribution is -1.70. The van der Waals surface area contributed by atoms with Crippen LogP contribution in [0.15, 0.2) is 0 Å². The molecule has 0 saturated carbocycles. The van der Waals surface area contributed by atoms with Gasteiger partial charge in [-0.15, -0.1) is 11.6 Å². The van der Waals surface area contributed by atoms with Crippen molar-refractivity contribution in [2.24, 2.45) is 0 Å². The summed E-state index contributed by atoms with van der Waals surface area (Å²) in [6.07, 6.45) is 0. The van der Waals surface area contributed by atoms with E-state index in [0.29, 0.717) is 5.38 Å². The van der Waals surface area contributed by atoms with Crippen LogP contribution in [-0.4, -0.2) is 22.7 Å². The summed E-state index contributed by atoms with van der Waals surface area (Å²) in [7, 11) is 0. The van der Waals surface area contributed by atoms with Crippen molar-refractivity contribution in [1.29, 1.82) is 0 Å². The first-order chi connectivity index (χ1) is 1.73. The van der Waals surface area contributed by atoms with Crippen molar-refractivity contribution in [3.05, 3.63) is 0 Å². The van der Waals surface area contributed by atoms with Crippen molar-refractivity contribution >= 4 is 29.0 Å². The Bertz CT molecular complexity index is 11.6. The van der Waals surface area contributed by atoms with Gasteiger partial charge in [0, 0.05) is 5.38 Å². The Hall–Kier alpha value is 0.822. The molecule has 5 heavy (non-hydrogen) atoms. The van der Waals surface area contributed by atoms with Crippen molar-refractivity contribution in [1.82, 2.24) is 0 Å². The average Bonchev–Trinajstić information content (AvgIpc) is 0.811. The Kier molecular flexibility index (Phi) is 8.94. The highest BCUT2D eigenvalue weighted by Gasteiger charge is 1.71. The predicted molar refractivity (Wildman–Crippen MR) is 30.9 cm³/mol. The third-order valence-electron chi connectivity index (χ3n) is 0. The second-order valence-electron chi connectivity index (χ2n) is 1.01. The molecule has 0 heterocycles. The molecular weight excluding hydrogens is 98.5 g/mol. The van der Waals surface area contributed by atoms with E-state index in [9.17, 15) is 0 Å². The van der Waals surface area contributed by atoms with Gasteiger partial charge in [0.25, 0.3) is 0 Å². The van der Waals surface area contributed by atoms with Crippen LogP contribution in [0.3, 0.4) is 0 Å². The van der Waals surface area contributed by atoms with Gasteiger partial charge < -0.3 is 0 Å². The maximum absolute atomic E-state index is 5.27. The highest BCUT2D eigenvalue weighted by atomic mass is 35.5. The van der Waals surface area contributed by atoms with Crippen molar-refractivity contribution in [3.8, 4) is 0 Å². The van der Waals surface area contributed by atoms with Gasteiger partial charge >= 0.3 is 0 Å². The van der Waals surface area contributed by atoms with E-state index < -0.39 is 0 Å². The number of alkyl halides is 1. The lowest BCUT2D eigenvalue weighted by molar-refractivity contribution is 1.10. The summed E-state index contributed by atoms with van der Waals surface area (Å²) in [5.41, 5.74) is 0. The first-order valence-corrected chi connectivity index (χ1v) is 1.81. The molecule has 0 spiro atoms. The van der Waals surface area contributed by atoms with Gasteiger partial charge in [-0.2, -0.15) is 0 Å². The summed E-state index contributed by atoms with van der Waals surface area (Å²) in [6, 6.07) is 0. The maximum atomic E-state index is 5.27. The molecule has 0 aromatic rings. The maximum Gasteiger partial charge on any atom is 0.187 e. The number of hydrogen-bond acceptors (Lipinski definition) is 0. The molecule has 0 radical (unpaired) electrons. The molecule has 0 aromatic carbocycles. The summed E-state index contributed by atoms with van der Waals surface area (Å²) in [5.74, 6) is 0. The Balaban J connectivity index is 0. The summed E-state index contributed by atoms with van der Waals surface area (Å²) in [4.78, 5) is 0. The third-order valence-corrected chi connectivity index (χ3v) is 0. The smallest absolute Gasteiger partial charge is 0.124 e. The van der Waals surface area contributed by atoms with Crippen LogP contribution in [0, 0.1) is 0 Å². The molecule has 0 aliphatic heterocycles. The minimum atomic E-state index is 0. The number of halogens is 1. The van der Waals surface area contributed by atoms with E-state index in [-0.39, 0.29) is 17.4 Å². The molecule has 0 atom stereocenters. The SMILES string of the molecule is CC(C)Cl.[AlH3]. The topological polar surface area (TPSA) is 0 Å². The van der Waals surface area contributed by atoms with Crippen LogP contribution in [0.5, 0.6) is 0 Å². The summed E-state index contributed by atoms with van der Waals surface area (Å²) >= 11 is 5.27. The lowest BCUT2D eigenvalue weighted by Gasteiger charge is -1.76. The van der Waals surface area contributed by atoms with Crippen LogP contribution in [0.2, 0.25) is 0 Å². The molecule has 0 rings (SSSR count). The van der Waals surface area contributed by atoms with E-state index in [1.54, 1.807) is 0 Å². The Morgan fingerprint density at radius 2 is 1.40 bits per heavy atom. The molecular formula is C3H10AlCl. The molecule has 32 valence electrons. The van der Waals surface area contributed by atoms with Crippen LogP contribution >= 0.6 is 11.6 Å². The zero-order valence-electron chi connectivity index (χ0n) is 2.96. The zero-order chi connectivity index (χ0) is 3.58. The molecule has 0 N–H and O–H groups in total. The molecule has 0 bridgehead atoms. The van der Waals surface area contributed by atoms with E-state index in [2.05, 4.69) is 0 Å². The van der Waals surface area contributed by atoms with Gasteiger partial charge in [0.15, 0.2) is 17.4 Å². The fourth-order valence-electron chi connectivity index (χ4n) is 0. The molecule has 0 nitrogen and oxygen atoms in total. The molecule has 0 aliphatic carbocycles. The molecule has 2 heteroatoms. The van der Waals surface area contributed by atoms with Crippen molar-refractivity contribution in [2.75, 3.05) is 0 Å². The van der Waals surface area contributed by atoms with Crippen molar-refractivity contribution < 1.29 is 0 Å². The lowest BCUT2D eigenvalue weighted by atomic mass is 10.6. The van der Waals surface area contributed by atoms with Gasteiger partial charge in [0.2, 0.25) is 0 Å². The van der Waals surface area contributed by atoms with E-state index in [0.717, 1.165) is 0 Å². The second kappa shape index (κ2) is 4.82. The van der Waals surface area contributed by atoms with E-state index in [1.807, 2.05) is 13.8 Å². The Labute approximate surface area is 48.6 Å². The summed E-state index contributed by atoms with van der Waals surface area (Å²) in [5, 5.41) is 0.306. The minimum absolute atomic E-state index is 0. The van der Waals surface area contributed by atoms with Crippen LogP contribution in [-0.2, 0) is 0 Å². The standard InChI is InChI=1S/C3H7Cl.Al.3H/c1-3(2)4;;;;/h3H,1-2H3;;;;. The summed E-state index contributed by atoms with van der Waals surface area (Å²) in [6.45, 7) is 3.86. The van der Waals surface area contributed by atoms with E-state index in [1.165, 1.54) is 0 Å². The highest BCUT2D eigenvalue weighted by Crippen LogP contribution is 1.84. The van der Waals surface area contributed by atoms with Gasteiger partial charge in [0.1, 0.15) is 0 Å². The van der Waals surface area contributed by atoms with Gasteiger partial charge in [0.05, 0.1) is 0 Å². The fraction of sp³-hybridized carbons (Fsp3) is 1.00. The largest absolute Gasteiger partial charge is 0.187 e. The first kappa shape index (κ1) is 9.27. The van der Waals surface area contributed by atoms with Gasteiger partial charge in [-0.25, -0.2) is 0 Å². The van der Waals surface area contributed by atoms with Crippen LogP contribution in [0.4, 0.5) is 0 Å². The molecule has 0 amide bonds. The molecule has 0 fully saturated rings. The van der Waals surface area contributed by atoms with Gasteiger partial charge in [-0.3, -0.25) is 0 Å². The molecule has 0 saturated heterocycles. The Morgan fingerprint density at radius 1 is 1.40 bits per heavy atom. The molecule has 0 aliphatic rings. The normalized spacial score (nSPS) is 7.20. The zero-order valence-corrected chi connectivity index (χ0v) is 3.71. The quantitative estimate of drug-likeness (QED) is 0.312. The molecule has 0 aromatic heterocycles. The minimum Gasteiger partial charge on any atom is -0.124 e. The first-order valence-electron chi connectivity index (χ1n) is 1.37. The highest BCUT2D eigenvalue weighted by molar-refractivity contribution is 6.20. The second-order valence-corrected chi connectivity index (χ2v) is 1.89.